The molecule has 1 fully saturated rings. The van der Waals surface area contributed by atoms with Crippen LogP contribution in [0.1, 0.15) is 18.4 Å². The molecular weight excluding hydrogens is 388 g/mol. The Morgan fingerprint density at radius 1 is 1.30 bits per heavy atom. The van der Waals surface area contributed by atoms with Crippen LogP contribution < -0.4 is 0 Å². The number of rotatable bonds is 6. The van der Waals surface area contributed by atoms with E-state index >= 15 is 0 Å². The second-order valence-electron chi connectivity index (χ2n) is 5.79. The number of benzene rings is 1. The average molecular weight is 402 g/mol. The van der Waals surface area contributed by atoms with Crippen LogP contribution in [-0.2, 0) is 14.4 Å². The van der Waals surface area contributed by atoms with E-state index in [0.29, 0.717) is 4.91 Å². The molecule has 138 valence electrons. The highest BCUT2D eigenvalue weighted by molar-refractivity contribution is 8.26. The van der Waals surface area contributed by atoms with Gasteiger partial charge in [0.1, 0.15) is 10.4 Å². The molecule has 1 aliphatic heterocycles. The first-order valence-corrected chi connectivity index (χ1v) is 9.16. The van der Waals surface area contributed by atoms with Crippen LogP contribution in [0.2, 0.25) is 0 Å². The first-order chi connectivity index (χ1) is 12.9. The molecular formula is C18H14N2O5S2. The van der Waals surface area contributed by atoms with Crippen molar-refractivity contribution in [3.8, 4) is 0 Å². The molecule has 27 heavy (non-hydrogen) atoms. The number of carboxylic acids is 2. The minimum atomic E-state index is -1.31. The molecule has 0 spiro atoms. The van der Waals surface area contributed by atoms with E-state index in [1.54, 1.807) is 18.3 Å². The summed E-state index contributed by atoms with van der Waals surface area (Å²) in [5.41, 5.74) is 1.58. The van der Waals surface area contributed by atoms with Gasteiger partial charge in [-0.25, -0.2) is 4.79 Å². The van der Waals surface area contributed by atoms with Crippen LogP contribution in [0.3, 0.4) is 0 Å². The third kappa shape index (κ3) is 4.15. The van der Waals surface area contributed by atoms with Crippen molar-refractivity contribution >= 4 is 63.1 Å². The summed E-state index contributed by atoms with van der Waals surface area (Å²) in [5, 5.41) is 19.1. The van der Waals surface area contributed by atoms with Gasteiger partial charge in [0, 0.05) is 18.0 Å². The van der Waals surface area contributed by atoms with Gasteiger partial charge in [-0.15, -0.1) is 0 Å². The monoisotopic (exact) mass is 402 g/mol. The molecule has 2 N–H and O–H groups in total. The van der Waals surface area contributed by atoms with Gasteiger partial charge in [-0.05, 0) is 36.3 Å². The lowest BCUT2D eigenvalue weighted by Crippen LogP contribution is -2.44. The maximum atomic E-state index is 12.7. The predicted molar refractivity (Wildman–Crippen MR) is 105 cm³/mol. The SMILES string of the molecule is O=C(O)CC[C@H](C(=O)O)N1C(=O)/C(=C\c2ccc3ncccc3c2)SC1=S. The van der Waals surface area contributed by atoms with Gasteiger partial charge < -0.3 is 10.2 Å². The number of hydrogen-bond donors (Lipinski definition) is 2. The molecule has 1 atom stereocenters. The van der Waals surface area contributed by atoms with E-state index in [0.717, 1.165) is 33.1 Å². The summed E-state index contributed by atoms with van der Waals surface area (Å²) < 4.78 is 0.103. The standard InChI is InChI=1S/C18H14N2O5S2/c21-15(22)6-5-13(17(24)25)20-16(23)14(27-18(20)26)9-10-3-4-12-11(8-10)2-1-7-19-12/h1-4,7-9,13H,5-6H2,(H,21,22)(H,24,25)/b14-9+/t13-/m1/s1. The number of nitrogens with zero attached hydrogens (tertiary/aromatic N) is 2. The second-order valence-corrected chi connectivity index (χ2v) is 7.47. The van der Waals surface area contributed by atoms with E-state index < -0.39 is 23.9 Å². The third-order valence-corrected chi connectivity index (χ3v) is 5.31. The number of carbonyl (C=O) groups is 3. The molecule has 3 rings (SSSR count). The predicted octanol–water partition coefficient (Wildman–Crippen LogP) is 2.75. The summed E-state index contributed by atoms with van der Waals surface area (Å²) in [4.78, 5) is 40.5. The molecule has 9 heteroatoms. The number of pyridine rings is 1. The van der Waals surface area contributed by atoms with Crippen molar-refractivity contribution < 1.29 is 24.6 Å². The molecule has 1 aromatic heterocycles. The molecule has 7 nitrogen and oxygen atoms in total. The molecule has 1 aromatic carbocycles. The number of thiocarbonyl (C=S) groups is 1. The van der Waals surface area contributed by atoms with Crippen molar-refractivity contribution in [2.24, 2.45) is 0 Å². The number of amides is 1. The smallest absolute Gasteiger partial charge is 0.326 e. The maximum absolute atomic E-state index is 12.7. The van der Waals surface area contributed by atoms with Crippen LogP contribution in [-0.4, -0.2) is 48.3 Å². The van der Waals surface area contributed by atoms with Crippen LogP contribution in [0, 0.1) is 0 Å². The number of fused-ring (bicyclic) bond motifs is 1. The molecule has 0 aliphatic carbocycles. The van der Waals surface area contributed by atoms with Crippen LogP contribution in [0.25, 0.3) is 17.0 Å². The van der Waals surface area contributed by atoms with Crippen molar-refractivity contribution in [2.45, 2.75) is 18.9 Å². The fourth-order valence-corrected chi connectivity index (χ4v) is 4.06. The van der Waals surface area contributed by atoms with Crippen molar-refractivity contribution in [2.75, 3.05) is 0 Å². The summed E-state index contributed by atoms with van der Waals surface area (Å²) in [7, 11) is 0. The largest absolute Gasteiger partial charge is 0.481 e. The third-order valence-electron chi connectivity index (χ3n) is 3.98. The van der Waals surface area contributed by atoms with Crippen LogP contribution in [0.5, 0.6) is 0 Å². The Labute approximate surface area is 163 Å². The highest BCUT2D eigenvalue weighted by Crippen LogP contribution is 2.35. The molecule has 0 radical (unpaired) electrons. The zero-order valence-electron chi connectivity index (χ0n) is 13.9. The van der Waals surface area contributed by atoms with Crippen molar-refractivity contribution in [3.05, 3.63) is 47.0 Å². The molecule has 0 unspecified atom stereocenters. The number of aliphatic carboxylic acids is 2. The summed E-state index contributed by atoms with van der Waals surface area (Å²) in [6, 6.07) is 7.91. The van der Waals surface area contributed by atoms with E-state index in [1.165, 1.54) is 0 Å². The molecule has 1 saturated heterocycles. The van der Waals surface area contributed by atoms with Gasteiger partial charge in [0.15, 0.2) is 0 Å². The molecule has 2 aromatic rings. The van der Waals surface area contributed by atoms with Gasteiger partial charge in [-0.2, -0.15) is 0 Å². The Balaban J connectivity index is 1.88. The Kier molecular flexibility index (Phi) is 5.52. The number of thioether (sulfide) groups is 1. The van der Waals surface area contributed by atoms with E-state index in [1.807, 2.05) is 24.3 Å². The van der Waals surface area contributed by atoms with Crippen molar-refractivity contribution in [1.29, 1.82) is 0 Å². The summed E-state index contributed by atoms with van der Waals surface area (Å²) in [6.45, 7) is 0. The van der Waals surface area contributed by atoms with Crippen molar-refractivity contribution in [3.63, 3.8) is 0 Å². The van der Waals surface area contributed by atoms with Crippen molar-refractivity contribution in [1.82, 2.24) is 9.88 Å². The zero-order chi connectivity index (χ0) is 19.6. The quantitative estimate of drug-likeness (QED) is 0.561. The first-order valence-electron chi connectivity index (χ1n) is 7.93. The lowest BCUT2D eigenvalue weighted by molar-refractivity contribution is -0.146. The van der Waals surface area contributed by atoms with Gasteiger partial charge in [0.25, 0.3) is 5.91 Å². The Hall–Kier alpha value is -2.78. The number of aromatic nitrogens is 1. The molecule has 0 bridgehead atoms. The Bertz CT molecular complexity index is 989. The Morgan fingerprint density at radius 2 is 2.07 bits per heavy atom. The van der Waals surface area contributed by atoms with Gasteiger partial charge in [0.2, 0.25) is 0 Å². The normalized spacial score (nSPS) is 16.9. The van der Waals surface area contributed by atoms with Crippen LogP contribution in [0.4, 0.5) is 0 Å². The van der Waals surface area contributed by atoms with Gasteiger partial charge in [0.05, 0.1) is 10.4 Å². The van der Waals surface area contributed by atoms with Gasteiger partial charge in [-0.1, -0.05) is 36.1 Å². The maximum Gasteiger partial charge on any atom is 0.326 e. The van der Waals surface area contributed by atoms with Gasteiger partial charge in [-0.3, -0.25) is 19.5 Å². The lowest BCUT2D eigenvalue weighted by Gasteiger charge is -2.22. The zero-order valence-corrected chi connectivity index (χ0v) is 15.5. The van der Waals surface area contributed by atoms with E-state index in [2.05, 4.69) is 4.98 Å². The molecule has 1 amide bonds. The lowest BCUT2D eigenvalue weighted by atomic mass is 10.1. The average Bonchev–Trinajstić information content (AvgIpc) is 2.89. The molecule has 2 heterocycles. The second kappa shape index (κ2) is 7.85. The fourth-order valence-electron chi connectivity index (χ4n) is 2.71. The molecule has 1 aliphatic rings. The summed E-state index contributed by atoms with van der Waals surface area (Å²) in [6.07, 6.45) is 2.74. The van der Waals surface area contributed by atoms with E-state index in [4.69, 9.17) is 17.3 Å². The number of hydrogen-bond acceptors (Lipinski definition) is 6. The Morgan fingerprint density at radius 3 is 2.78 bits per heavy atom. The molecule has 0 saturated carbocycles. The van der Waals surface area contributed by atoms with Crippen LogP contribution >= 0.6 is 24.0 Å². The topological polar surface area (TPSA) is 108 Å². The number of carboxylic acid groups (broad SMARTS) is 2. The summed E-state index contributed by atoms with van der Waals surface area (Å²) >= 11 is 6.17. The number of carbonyl (C=O) groups excluding carboxylic acids is 1. The first kappa shape index (κ1) is 19.0. The van der Waals surface area contributed by atoms with E-state index in [9.17, 15) is 19.5 Å². The van der Waals surface area contributed by atoms with Crippen LogP contribution in [0.15, 0.2) is 41.4 Å². The fraction of sp³-hybridized carbons (Fsp3) is 0.167. The van der Waals surface area contributed by atoms with E-state index in [-0.39, 0.29) is 17.2 Å². The summed E-state index contributed by atoms with van der Waals surface area (Å²) in [5.74, 6) is -2.95. The highest BCUT2D eigenvalue weighted by atomic mass is 32.2. The minimum Gasteiger partial charge on any atom is -0.481 e. The highest BCUT2D eigenvalue weighted by Gasteiger charge is 2.40. The minimum absolute atomic E-state index is 0.103. The van der Waals surface area contributed by atoms with Gasteiger partial charge >= 0.3 is 11.9 Å².